The summed E-state index contributed by atoms with van der Waals surface area (Å²) >= 11 is 3.36. The van der Waals surface area contributed by atoms with Gasteiger partial charge in [-0.25, -0.2) is 0 Å². The fourth-order valence-electron chi connectivity index (χ4n) is 1.63. The summed E-state index contributed by atoms with van der Waals surface area (Å²) in [6, 6.07) is 7.77. The summed E-state index contributed by atoms with van der Waals surface area (Å²) < 4.78 is 0.939. The van der Waals surface area contributed by atoms with E-state index >= 15 is 0 Å². The predicted molar refractivity (Wildman–Crippen MR) is 63.8 cm³/mol. The minimum atomic E-state index is 0.0238. The molecule has 0 radical (unpaired) electrons. The number of hydrogen-bond donors (Lipinski definition) is 1. The summed E-state index contributed by atoms with van der Waals surface area (Å²) in [5.41, 5.74) is 0.719. The van der Waals surface area contributed by atoms with Gasteiger partial charge in [-0.1, -0.05) is 22.0 Å². The van der Waals surface area contributed by atoms with Gasteiger partial charge in [-0.15, -0.1) is 0 Å². The standard InChI is InChI=1S/C12H14BrNO/c1-8(9-5-6-9)14-12(15)10-3-2-4-11(13)7-10/h2-4,7-9H,5-6H2,1H3,(H,14,15). The van der Waals surface area contributed by atoms with Gasteiger partial charge in [0.1, 0.15) is 0 Å². The molecule has 1 aromatic rings. The minimum Gasteiger partial charge on any atom is -0.349 e. The Hall–Kier alpha value is -0.830. The molecule has 1 unspecified atom stereocenters. The van der Waals surface area contributed by atoms with Crippen molar-refractivity contribution in [3.63, 3.8) is 0 Å². The Morgan fingerprint density at radius 2 is 2.27 bits per heavy atom. The molecule has 1 fully saturated rings. The number of amides is 1. The first kappa shape index (κ1) is 10.7. The van der Waals surface area contributed by atoms with Crippen LogP contribution in [-0.2, 0) is 0 Å². The molecular formula is C12H14BrNO. The number of halogens is 1. The third-order valence-electron chi connectivity index (χ3n) is 2.77. The van der Waals surface area contributed by atoms with Crippen molar-refractivity contribution in [2.75, 3.05) is 0 Å². The topological polar surface area (TPSA) is 29.1 Å². The molecule has 1 aromatic carbocycles. The highest BCUT2D eigenvalue weighted by atomic mass is 79.9. The number of benzene rings is 1. The van der Waals surface area contributed by atoms with E-state index in [1.54, 1.807) is 0 Å². The van der Waals surface area contributed by atoms with Gasteiger partial charge < -0.3 is 5.32 Å². The van der Waals surface area contributed by atoms with E-state index in [0.717, 1.165) is 10.0 Å². The van der Waals surface area contributed by atoms with Crippen molar-refractivity contribution in [3.05, 3.63) is 34.3 Å². The molecule has 0 aliphatic heterocycles. The first-order chi connectivity index (χ1) is 7.16. The summed E-state index contributed by atoms with van der Waals surface area (Å²) in [4.78, 5) is 11.8. The number of rotatable bonds is 3. The van der Waals surface area contributed by atoms with Crippen molar-refractivity contribution in [1.29, 1.82) is 0 Å². The molecule has 0 aromatic heterocycles. The Bertz CT molecular complexity index is 374. The Kier molecular flexibility index (Phi) is 3.10. The van der Waals surface area contributed by atoms with E-state index in [0.29, 0.717) is 12.0 Å². The molecule has 1 saturated carbocycles. The largest absolute Gasteiger partial charge is 0.349 e. The zero-order valence-corrected chi connectivity index (χ0v) is 10.3. The highest BCUT2D eigenvalue weighted by Gasteiger charge is 2.28. The highest BCUT2D eigenvalue weighted by Crippen LogP contribution is 2.32. The van der Waals surface area contributed by atoms with Crippen LogP contribution in [0.1, 0.15) is 30.1 Å². The molecular weight excluding hydrogens is 254 g/mol. The fraction of sp³-hybridized carbons (Fsp3) is 0.417. The zero-order chi connectivity index (χ0) is 10.8. The third-order valence-corrected chi connectivity index (χ3v) is 3.27. The molecule has 1 aliphatic carbocycles. The molecule has 2 rings (SSSR count). The number of carbonyl (C=O) groups excluding carboxylic acids is 1. The van der Waals surface area contributed by atoms with E-state index in [1.807, 2.05) is 24.3 Å². The second-order valence-corrected chi connectivity index (χ2v) is 5.03. The minimum absolute atomic E-state index is 0.0238. The summed E-state index contributed by atoms with van der Waals surface area (Å²) in [5, 5.41) is 3.03. The maximum atomic E-state index is 11.8. The first-order valence-electron chi connectivity index (χ1n) is 5.23. The number of hydrogen-bond acceptors (Lipinski definition) is 1. The molecule has 80 valence electrons. The molecule has 3 heteroatoms. The lowest BCUT2D eigenvalue weighted by atomic mass is 10.1. The molecule has 0 bridgehead atoms. The van der Waals surface area contributed by atoms with E-state index in [-0.39, 0.29) is 5.91 Å². The van der Waals surface area contributed by atoms with Crippen molar-refractivity contribution in [2.24, 2.45) is 5.92 Å². The summed E-state index contributed by atoms with van der Waals surface area (Å²) in [5.74, 6) is 0.719. The van der Waals surface area contributed by atoms with Gasteiger partial charge in [0.15, 0.2) is 0 Å². The van der Waals surface area contributed by atoms with Crippen LogP contribution in [0.15, 0.2) is 28.7 Å². The van der Waals surface area contributed by atoms with Crippen LogP contribution in [0.4, 0.5) is 0 Å². The monoisotopic (exact) mass is 267 g/mol. The van der Waals surface area contributed by atoms with Crippen molar-refractivity contribution in [3.8, 4) is 0 Å². The van der Waals surface area contributed by atoms with Gasteiger partial charge in [0, 0.05) is 16.1 Å². The maximum absolute atomic E-state index is 11.8. The predicted octanol–water partition coefficient (Wildman–Crippen LogP) is 2.98. The molecule has 15 heavy (non-hydrogen) atoms. The Balaban J connectivity index is 2.00. The summed E-state index contributed by atoms with van der Waals surface area (Å²) in [6.45, 7) is 2.08. The van der Waals surface area contributed by atoms with Gasteiger partial charge in [0.2, 0.25) is 0 Å². The van der Waals surface area contributed by atoms with E-state index in [4.69, 9.17) is 0 Å². The average molecular weight is 268 g/mol. The van der Waals surface area contributed by atoms with Gasteiger partial charge in [0.25, 0.3) is 5.91 Å². The molecule has 1 atom stereocenters. The van der Waals surface area contributed by atoms with Crippen molar-refractivity contribution < 1.29 is 4.79 Å². The quantitative estimate of drug-likeness (QED) is 0.897. The van der Waals surface area contributed by atoms with Crippen molar-refractivity contribution >= 4 is 21.8 Å². The molecule has 0 spiro atoms. The van der Waals surface area contributed by atoms with E-state index < -0.39 is 0 Å². The Morgan fingerprint density at radius 3 is 2.87 bits per heavy atom. The Morgan fingerprint density at radius 1 is 1.53 bits per heavy atom. The molecule has 1 amide bonds. The third kappa shape index (κ3) is 2.81. The van der Waals surface area contributed by atoms with Gasteiger partial charge in [-0.05, 0) is 43.9 Å². The smallest absolute Gasteiger partial charge is 0.251 e. The van der Waals surface area contributed by atoms with Gasteiger partial charge in [-0.2, -0.15) is 0 Å². The second-order valence-electron chi connectivity index (χ2n) is 4.11. The van der Waals surface area contributed by atoms with Crippen LogP contribution in [-0.4, -0.2) is 11.9 Å². The fourth-order valence-corrected chi connectivity index (χ4v) is 2.03. The van der Waals surface area contributed by atoms with Gasteiger partial charge in [-0.3, -0.25) is 4.79 Å². The molecule has 2 nitrogen and oxygen atoms in total. The highest BCUT2D eigenvalue weighted by molar-refractivity contribution is 9.10. The van der Waals surface area contributed by atoms with Crippen LogP contribution in [0.3, 0.4) is 0 Å². The second kappa shape index (κ2) is 4.35. The van der Waals surface area contributed by atoms with Crippen molar-refractivity contribution in [2.45, 2.75) is 25.8 Å². The van der Waals surface area contributed by atoms with Gasteiger partial charge in [0.05, 0.1) is 0 Å². The van der Waals surface area contributed by atoms with Crippen LogP contribution in [0, 0.1) is 5.92 Å². The summed E-state index contributed by atoms with van der Waals surface area (Å²) in [6.07, 6.45) is 2.50. The van der Waals surface area contributed by atoms with E-state index in [2.05, 4.69) is 28.2 Å². The lowest BCUT2D eigenvalue weighted by molar-refractivity contribution is 0.0936. The normalized spacial score (nSPS) is 17.2. The van der Waals surface area contributed by atoms with E-state index in [1.165, 1.54) is 12.8 Å². The maximum Gasteiger partial charge on any atom is 0.251 e. The first-order valence-corrected chi connectivity index (χ1v) is 6.02. The molecule has 0 saturated heterocycles. The van der Waals surface area contributed by atoms with Crippen LogP contribution in [0.2, 0.25) is 0 Å². The zero-order valence-electron chi connectivity index (χ0n) is 8.66. The van der Waals surface area contributed by atoms with Gasteiger partial charge >= 0.3 is 0 Å². The Labute approximate surface area is 98.2 Å². The molecule has 1 aliphatic rings. The molecule has 0 heterocycles. The lowest BCUT2D eigenvalue weighted by Crippen LogP contribution is -2.33. The van der Waals surface area contributed by atoms with Crippen LogP contribution < -0.4 is 5.32 Å². The van der Waals surface area contributed by atoms with Crippen molar-refractivity contribution in [1.82, 2.24) is 5.32 Å². The lowest BCUT2D eigenvalue weighted by Gasteiger charge is -2.12. The van der Waals surface area contributed by atoms with Crippen LogP contribution in [0.25, 0.3) is 0 Å². The summed E-state index contributed by atoms with van der Waals surface area (Å²) in [7, 11) is 0. The van der Waals surface area contributed by atoms with Crippen LogP contribution in [0.5, 0.6) is 0 Å². The van der Waals surface area contributed by atoms with Crippen LogP contribution >= 0.6 is 15.9 Å². The number of carbonyl (C=O) groups is 1. The van der Waals surface area contributed by atoms with E-state index in [9.17, 15) is 4.79 Å². The number of nitrogens with one attached hydrogen (secondary N) is 1. The average Bonchev–Trinajstić information content (AvgIpc) is 3.00. The molecule has 1 N–H and O–H groups in total. The SMILES string of the molecule is CC(NC(=O)c1cccc(Br)c1)C1CC1.